The van der Waals surface area contributed by atoms with Crippen molar-refractivity contribution in [2.75, 3.05) is 42.8 Å². The molecule has 2 aliphatic heterocycles. The number of rotatable bonds is 17. The van der Waals surface area contributed by atoms with Crippen LogP contribution in [0.3, 0.4) is 0 Å². The fourth-order valence-corrected chi connectivity index (χ4v) is 8.49. The van der Waals surface area contributed by atoms with Crippen LogP contribution in [0.25, 0.3) is 0 Å². The van der Waals surface area contributed by atoms with Crippen molar-refractivity contribution in [1.82, 2.24) is 0 Å². The number of hydrogen-bond donors (Lipinski definition) is 7. The Hall–Kier alpha value is -0.540. The number of aliphatic hydroxyl groups is 7. The van der Waals surface area contributed by atoms with Gasteiger partial charge >= 0.3 is 0 Å². The van der Waals surface area contributed by atoms with E-state index in [0.29, 0.717) is 25.7 Å². The smallest absolute Gasteiger partial charge is 0.187 e. The lowest BCUT2D eigenvalue weighted by Crippen LogP contribution is -2.64. The highest BCUT2D eigenvalue weighted by Crippen LogP contribution is 2.30. The zero-order chi connectivity index (χ0) is 31.0. The Morgan fingerprint density at radius 2 is 1.17 bits per heavy atom. The molecule has 41 heavy (non-hydrogen) atoms. The summed E-state index contributed by atoms with van der Waals surface area (Å²) in [5.41, 5.74) is 0. The minimum absolute atomic E-state index is 0.125. The lowest BCUT2D eigenvalue weighted by atomic mass is 9.97. The van der Waals surface area contributed by atoms with Gasteiger partial charge in [0.1, 0.15) is 48.8 Å². The molecule has 2 fully saturated rings. The van der Waals surface area contributed by atoms with Crippen molar-refractivity contribution in [3.8, 4) is 0 Å². The summed E-state index contributed by atoms with van der Waals surface area (Å²) >= 11 is 0. The number of aliphatic hydroxyl groups excluding tert-OH is 7. The summed E-state index contributed by atoms with van der Waals surface area (Å²) < 4.78 is 72.3. The second-order valence-corrected chi connectivity index (χ2v) is 15.1. The predicted molar refractivity (Wildman–Crippen MR) is 143 cm³/mol. The Morgan fingerprint density at radius 1 is 0.683 bits per heavy atom. The molecule has 0 aromatic heterocycles. The Morgan fingerprint density at radius 3 is 1.66 bits per heavy atom. The SMILES string of the molecule is CCCCS(=O)(=O)CC(CO[C@H]1O[C@H](CO)[C@H](O[C@@H]2O[C@H](CO)[C@H](O)[C@H](O)[C@H]2O)[C@H](O)[C@H]1O)CS(=O)(=O)CCCC. The molecule has 0 aromatic rings. The van der Waals surface area contributed by atoms with Crippen LogP contribution in [-0.4, -0.2) is 157 Å². The van der Waals surface area contributed by atoms with Crippen molar-refractivity contribution in [3.63, 3.8) is 0 Å². The van der Waals surface area contributed by atoms with E-state index < -0.39 is 118 Å². The highest BCUT2D eigenvalue weighted by molar-refractivity contribution is 7.92. The third kappa shape index (κ3) is 10.5. The summed E-state index contributed by atoms with van der Waals surface area (Å²) in [4.78, 5) is 0. The summed E-state index contributed by atoms with van der Waals surface area (Å²) in [7, 11) is -7.25. The first-order valence-electron chi connectivity index (χ1n) is 13.8. The summed E-state index contributed by atoms with van der Waals surface area (Å²) in [5.74, 6) is -2.20. The molecule has 0 amide bonds. The molecule has 10 atom stereocenters. The van der Waals surface area contributed by atoms with E-state index in [0.717, 1.165) is 0 Å². The van der Waals surface area contributed by atoms with Crippen molar-refractivity contribution in [2.45, 2.75) is 101 Å². The zero-order valence-corrected chi connectivity index (χ0v) is 25.0. The zero-order valence-electron chi connectivity index (χ0n) is 23.3. The van der Waals surface area contributed by atoms with Gasteiger partial charge in [-0.2, -0.15) is 0 Å². The van der Waals surface area contributed by atoms with Crippen molar-refractivity contribution < 1.29 is 71.5 Å². The molecule has 2 rings (SSSR count). The third-order valence-electron chi connectivity index (χ3n) is 7.05. The Bertz CT molecular complexity index is 934. The van der Waals surface area contributed by atoms with E-state index in [1.807, 2.05) is 13.8 Å². The molecule has 17 heteroatoms. The summed E-state index contributed by atoms with van der Waals surface area (Å²) in [6, 6.07) is 0. The van der Waals surface area contributed by atoms with Gasteiger partial charge in [-0.3, -0.25) is 0 Å². The molecular formula is C24H46O15S2. The fraction of sp³-hybridized carbons (Fsp3) is 1.00. The van der Waals surface area contributed by atoms with E-state index in [1.165, 1.54) is 0 Å². The second-order valence-electron chi connectivity index (χ2n) is 10.6. The van der Waals surface area contributed by atoms with Crippen molar-refractivity contribution in [1.29, 1.82) is 0 Å². The highest BCUT2D eigenvalue weighted by Gasteiger charge is 2.50. The molecule has 2 heterocycles. The van der Waals surface area contributed by atoms with E-state index in [9.17, 15) is 52.6 Å². The molecular weight excluding hydrogens is 592 g/mol. The van der Waals surface area contributed by atoms with Gasteiger partial charge in [-0.1, -0.05) is 26.7 Å². The monoisotopic (exact) mass is 638 g/mol. The first-order valence-corrected chi connectivity index (χ1v) is 17.4. The maximum Gasteiger partial charge on any atom is 0.187 e. The van der Waals surface area contributed by atoms with Crippen LogP contribution in [-0.2, 0) is 38.6 Å². The minimum Gasteiger partial charge on any atom is -0.394 e. The van der Waals surface area contributed by atoms with E-state index in [4.69, 9.17) is 18.9 Å². The quantitative estimate of drug-likeness (QED) is 0.0823. The Kier molecular flexibility index (Phi) is 14.8. The van der Waals surface area contributed by atoms with Gasteiger partial charge < -0.3 is 54.7 Å². The van der Waals surface area contributed by atoms with Crippen LogP contribution in [0.5, 0.6) is 0 Å². The first kappa shape index (κ1) is 36.7. The number of ether oxygens (including phenoxy) is 4. The summed E-state index contributed by atoms with van der Waals surface area (Å²) in [6.07, 6.45) is -14.4. The van der Waals surface area contributed by atoms with E-state index in [-0.39, 0.29) is 11.5 Å². The summed E-state index contributed by atoms with van der Waals surface area (Å²) in [6.45, 7) is 1.67. The van der Waals surface area contributed by atoms with Crippen molar-refractivity contribution in [3.05, 3.63) is 0 Å². The van der Waals surface area contributed by atoms with Gasteiger partial charge in [-0.25, -0.2) is 16.8 Å². The topological polar surface area (TPSA) is 247 Å². The van der Waals surface area contributed by atoms with Crippen LogP contribution in [0.1, 0.15) is 39.5 Å². The van der Waals surface area contributed by atoms with Gasteiger partial charge in [0.05, 0.1) is 42.8 Å². The second kappa shape index (κ2) is 16.5. The lowest BCUT2D eigenvalue weighted by Gasteiger charge is -2.46. The predicted octanol–water partition coefficient (Wildman–Crippen LogP) is -3.33. The van der Waals surface area contributed by atoms with Crippen LogP contribution in [0.15, 0.2) is 0 Å². The summed E-state index contributed by atoms with van der Waals surface area (Å²) in [5, 5.41) is 70.9. The molecule has 15 nitrogen and oxygen atoms in total. The molecule has 0 saturated carbocycles. The molecule has 0 aliphatic carbocycles. The minimum atomic E-state index is -3.62. The molecule has 0 unspecified atom stereocenters. The van der Waals surface area contributed by atoms with Gasteiger partial charge in [-0.15, -0.1) is 0 Å². The third-order valence-corrected chi connectivity index (χ3v) is 10.8. The van der Waals surface area contributed by atoms with Gasteiger partial charge in [0, 0.05) is 5.92 Å². The van der Waals surface area contributed by atoms with Crippen LogP contribution in [0, 0.1) is 5.92 Å². The molecule has 244 valence electrons. The van der Waals surface area contributed by atoms with Gasteiger partial charge in [0.25, 0.3) is 0 Å². The van der Waals surface area contributed by atoms with E-state index in [2.05, 4.69) is 0 Å². The average molecular weight is 639 g/mol. The maximum atomic E-state index is 12.6. The molecule has 0 bridgehead atoms. The van der Waals surface area contributed by atoms with Crippen LogP contribution >= 0.6 is 0 Å². The Balaban J connectivity index is 2.13. The fourth-order valence-electron chi connectivity index (χ4n) is 4.68. The Labute approximate surface area is 240 Å². The molecule has 7 N–H and O–H groups in total. The molecule has 0 spiro atoms. The van der Waals surface area contributed by atoms with Crippen LogP contribution in [0.4, 0.5) is 0 Å². The average Bonchev–Trinajstić information content (AvgIpc) is 2.92. The van der Waals surface area contributed by atoms with E-state index >= 15 is 0 Å². The maximum absolute atomic E-state index is 12.6. The van der Waals surface area contributed by atoms with E-state index in [1.54, 1.807) is 0 Å². The van der Waals surface area contributed by atoms with Crippen molar-refractivity contribution >= 4 is 19.7 Å². The van der Waals surface area contributed by atoms with Gasteiger partial charge in [-0.05, 0) is 12.8 Å². The van der Waals surface area contributed by atoms with Crippen molar-refractivity contribution in [2.24, 2.45) is 5.92 Å². The molecule has 2 aliphatic rings. The molecule has 0 aromatic carbocycles. The van der Waals surface area contributed by atoms with Crippen LogP contribution < -0.4 is 0 Å². The van der Waals surface area contributed by atoms with Gasteiger partial charge in [0.2, 0.25) is 0 Å². The molecule has 2 saturated heterocycles. The number of unbranched alkanes of at least 4 members (excludes halogenated alkanes) is 2. The first-order chi connectivity index (χ1) is 19.2. The molecule has 0 radical (unpaired) electrons. The van der Waals surface area contributed by atoms with Crippen LogP contribution in [0.2, 0.25) is 0 Å². The lowest BCUT2D eigenvalue weighted by molar-refractivity contribution is -0.359. The largest absolute Gasteiger partial charge is 0.394 e. The number of hydrogen-bond acceptors (Lipinski definition) is 15. The van der Waals surface area contributed by atoms with Gasteiger partial charge in [0.15, 0.2) is 32.3 Å². The normalized spacial score (nSPS) is 35.2. The number of sulfone groups is 2. The standard InChI is InChI=1S/C24H46O15S2/c1-3-5-7-40(32,33)12-14(13-41(34,35)8-6-4-2)11-36-23-21(31)19(29)22(16(10-26)38-23)39-24-20(30)18(28)17(27)15(9-25)37-24/h14-31H,3-13H2,1-2H3/t15-,16-,17+,18+,19-,20-,21-,22+,23+,24+/m1/s1. The highest BCUT2D eigenvalue weighted by atomic mass is 32.2.